The second kappa shape index (κ2) is 6.57. The van der Waals surface area contributed by atoms with E-state index in [1.165, 1.54) is 6.07 Å². The van der Waals surface area contributed by atoms with Crippen LogP contribution in [0.25, 0.3) is 11.0 Å². The first kappa shape index (κ1) is 18.7. The number of nitrogens with one attached hydrogen (secondary N) is 1. The summed E-state index contributed by atoms with van der Waals surface area (Å²) in [6, 6.07) is 3.19. The summed E-state index contributed by atoms with van der Waals surface area (Å²) in [6.45, 7) is 4.64. The number of piperidine rings is 1. The van der Waals surface area contributed by atoms with Crippen molar-refractivity contribution < 1.29 is 23.1 Å². The average Bonchev–Trinajstić information content (AvgIpc) is 2.95. The Bertz CT molecular complexity index is 800. The molecule has 1 aliphatic heterocycles. The van der Waals surface area contributed by atoms with Crippen molar-refractivity contribution in [2.75, 3.05) is 13.1 Å². The number of hydrogen-bond acceptors (Lipinski definition) is 3. The van der Waals surface area contributed by atoms with E-state index < -0.39 is 17.3 Å². The number of aromatic nitrogens is 2. The van der Waals surface area contributed by atoms with E-state index in [-0.39, 0.29) is 17.2 Å². The molecule has 1 aromatic heterocycles. The van der Waals surface area contributed by atoms with Crippen LogP contribution in [0.5, 0.6) is 0 Å². The molecule has 1 fully saturated rings. The number of likely N-dealkylation sites (tertiary alicyclic amines) is 1. The maximum absolute atomic E-state index is 12.8. The number of rotatable bonds is 3. The highest BCUT2D eigenvalue weighted by molar-refractivity contribution is 5.94. The maximum Gasteiger partial charge on any atom is 0.416 e. The van der Waals surface area contributed by atoms with E-state index in [2.05, 4.69) is 9.97 Å². The van der Waals surface area contributed by atoms with Crippen LogP contribution in [-0.2, 0) is 6.18 Å². The highest BCUT2D eigenvalue weighted by Crippen LogP contribution is 2.31. The van der Waals surface area contributed by atoms with Crippen molar-refractivity contribution in [3.8, 4) is 0 Å². The topological polar surface area (TPSA) is 69.2 Å². The summed E-state index contributed by atoms with van der Waals surface area (Å²) in [6.07, 6.45) is -2.19. The molecule has 1 aromatic carbocycles. The highest BCUT2D eigenvalue weighted by Gasteiger charge is 2.32. The van der Waals surface area contributed by atoms with Gasteiger partial charge in [0.1, 0.15) is 0 Å². The summed E-state index contributed by atoms with van der Waals surface area (Å²) in [5, 5.41) is 9.91. The van der Waals surface area contributed by atoms with Crippen LogP contribution in [0.4, 0.5) is 13.2 Å². The zero-order chi connectivity index (χ0) is 19.1. The van der Waals surface area contributed by atoms with E-state index in [4.69, 9.17) is 0 Å². The first-order valence-electron chi connectivity index (χ1n) is 8.61. The van der Waals surface area contributed by atoms with Gasteiger partial charge in [-0.05, 0) is 57.2 Å². The lowest BCUT2D eigenvalue weighted by Gasteiger charge is -2.34. The zero-order valence-electron chi connectivity index (χ0n) is 14.7. The van der Waals surface area contributed by atoms with E-state index in [1.54, 1.807) is 18.7 Å². The second-order valence-corrected chi connectivity index (χ2v) is 7.57. The summed E-state index contributed by atoms with van der Waals surface area (Å²) in [4.78, 5) is 21.1. The Balaban J connectivity index is 1.71. The Hall–Kier alpha value is -2.09. The molecule has 0 spiro atoms. The fraction of sp³-hybridized carbons (Fsp3) is 0.556. The van der Waals surface area contributed by atoms with Crippen LogP contribution < -0.4 is 0 Å². The predicted octanol–water partition coefficient (Wildman–Crippen LogP) is 3.59. The SMILES string of the molecule is CC(C)(O)CC1CCN(C(=O)c2nc3ccc(C(F)(F)F)cc3[nH]2)CC1. The lowest BCUT2D eigenvalue weighted by molar-refractivity contribution is -0.137. The maximum atomic E-state index is 12.8. The minimum absolute atomic E-state index is 0.0558. The Kier molecular flexibility index (Phi) is 4.72. The predicted molar refractivity (Wildman–Crippen MR) is 90.6 cm³/mol. The number of hydrogen-bond donors (Lipinski definition) is 2. The standard InChI is InChI=1S/C18H22F3N3O2/c1-17(2,26)10-11-5-7-24(8-6-11)16(25)15-22-13-4-3-12(18(19,20)21)9-14(13)23-15/h3-4,9,11,26H,5-8,10H2,1-2H3,(H,22,23). The lowest BCUT2D eigenvalue weighted by atomic mass is 9.86. The smallest absolute Gasteiger partial charge is 0.390 e. The summed E-state index contributed by atoms with van der Waals surface area (Å²) in [5.74, 6) is 0.0980. The number of alkyl halides is 3. The molecule has 0 atom stereocenters. The number of halogens is 3. The molecule has 0 radical (unpaired) electrons. The van der Waals surface area contributed by atoms with Gasteiger partial charge in [0.25, 0.3) is 5.91 Å². The summed E-state index contributed by atoms with van der Waals surface area (Å²) in [5.41, 5.74) is -0.982. The van der Waals surface area contributed by atoms with Crippen molar-refractivity contribution in [1.29, 1.82) is 0 Å². The molecular formula is C18H22F3N3O2. The van der Waals surface area contributed by atoms with Gasteiger partial charge in [-0.15, -0.1) is 0 Å². The second-order valence-electron chi connectivity index (χ2n) is 7.57. The van der Waals surface area contributed by atoms with Crippen LogP contribution in [0.1, 0.15) is 49.3 Å². The van der Waals surface area contributed by atoms with Crippen molar-refractivity contribution >= 4 is 16.9 Å². The number of aromatic amines is 1. The molecular weight excluding hydrogens is 347 g/mol. The third-order valence-electron chi connectivity index (χ3n) is 4.70. The highest BCUT2D eigenvalue weighted by atomic mass is 19.4. The number of nitrogens with zero attached hydrogens (tertiary/aromatic N) is 2. The zero-order valence-corrected chi connectivity index (χ0v) is 14.7. The van der Waals surface area contributed by atoms with Crippen LogP contribution in [0.2, 0.25) is 0 Å². The molecule has 3 rings (SSSR count). The van der Waals surface area contributed by atoms with Crippen molar-refractivity contribution in [2.24, 2.45) is 5.92 Å². The van der Waals surface area contributed by atoms with Crippen LogP contribution in [0, 0.1) is 5.92 Å². The van der Waals surface area contributed by atoms with Crippen molar-refractivity contribution in [1.82, 2.24) is 14.9 Å². The Labute approximate surface area is 149 Å². The first-order chi connectivity index (χ1) is 12.0. The molecule has 0 bridgehead atoms. The number of carbonyl (C=O) groups excluding carboxylic acids is 1. The van der Waals surface area contributed by atoms with Crippen molar-refractivity contribution in [3.05, 3.63) is 29.6 Å². The quantitative estimate of drug-likeness (QED) is 0.869. The van der Waals surface area contributed by atoms with E-state index in [0.717, 1.165) is 25.0 Å². The fourth-order valence-electron chi connectivity index (χ4n) is 3.48. The molecule has 5 nitrogen and oxygen atoms in total. The number of aliphatic hydroxyl groups is 1. The first-order valence-corrected chi connectivity index (χ1v) is 8.61. The third kappa shape index (κ3) is 4.17. The number of amides is 1. The molecule has 1 aliphatic rings. The Morgan fingerprint density at radius 1 is 1.31 bits per heavy atom. The van der Waals surface area contributed by atoms with Crippen LogP contribution in [0.15, 0.2) is 18.2 Å². The van der Waals surface area contributed by atoms with E-state index in [1.807, 2.05) is 0 Å². The summed E-state index contributed by atoms with van der Waals surface area (Å²) >= 11 is 0. The van der Waals surface area contributed by atoms with Crippen molar-refractivity contribution in [2.45, 2.75) is 44.9 Å². The van der Waals surface area contributed by atoms with Gasteiger partial charge in [0.05, 0.1) is 22.2 Å². The van der Waals surface area contributed by atoms with Crippen LogP contribution >= 0.6 is 0 Å². The average molecular weight is 369 g/mol. The molecule has 1 saturated heterocycles. The summed E-state index contributed by atoms with van der Waals surface area (Å²) in [7, 11) is 0. The van der Waals surface area contributed by atoms with E-state index in [9.17, 15) is 23.1 Å². The molecule has 2 heterocycles. The van der Waals surface area contributed by atoms with Gasteiger partial charge in [0.2, 0.25) is 0 Å². The molecule has 8 heteroatoms. The molecule has 0 aliphatic carbocycles. The Morgan fingerprint density at radius 2 is 1.96 bits per heavy atom. The number of imidazole rings is 1. The van der Waals surface area contributed by atoms with Gasteiger partial charge in [-0.1, -0.05) is 0 Å². The van der Waals surface area contributed by atoms with Crippen LogP contribution in [-0.4, -0.2) is 44.6 Å². The van der Waals surface area contributed by atoms with E-state index in [0.29, 0.717) is 30.9 Å². The number of benzene rings is 1. The molecule has 1 amide bonds. The monoisotopic (exact) mass is 369 g/mol. The molecule has 0 saturated carbocycles. The minimum atomic E-state index is -4.44. The fourth-order valence-corrected chi connectivity index (χ4v) is 3.48. The van der Waals surface area contributed by atoms with Crippen LogP contribution in [0.3, 0.4) is 0 Å². The molecule has 142 valence electrons. The number of carbonyl (C=O) groups is 1. The molecule has 2 N–H and O–H groups in total. The lowest BCUT2D eigenvalue weighted by Crippen LogP contribution is -2.40. The molecule has 0 unspecified atom stereocenters. The summed E-state index contributed by atoms with van der Waals surface area (Å²) < 4.78 is 38.4. The third-order valence-corrected chi connectivity index (χ3v) is 4.70. The number of H-pyrrole nitrogens is 1. The molecule has 2 aromatic rings. The van der Waals surface area contributed by atoms with Gasteiger partial charge in [0.15, 0.2) is 5.82 Å². The Morgan fingerprint density at radius 3 is 2.54 bits per heavy atom. The van der Waals surface area contributed by atoms with Gasteiger partial charge in [0, 0.05) is 13.1 Å². The van der Waals surface area contributed by atoms with Gasteiger partial charge >= 0.3 is 6.18 Å². The van der Waals surface area contributed by atoms with E-state index >= 15 is 0 Å². The minimum Gasteiger partial charge on any atom is -0.390 e. The molecule has 26 heavy (non-hydrogen) atoms. The van der Waals surface area contributed by atoms with Crippen molar-refractivity contribution in [3.63, 3.8) is 0 Å². The number of fused-ring (bicyclic) bond motifs is 1. The normalized spacial score (nSPS) is 17.1. The van der Waals surface area contributed by atoms with Gasteiger partial charge in [-0.3, -0.25) is 4.79 Å². The largest absolute Gasteiger partial charge is 0.416 e. The van der Waals surface area contributed by atoms with Gasteiger partial charge < -0.3 is 15.0 Å². The van der Waals surface area contributed by atoms with Gasteiger partial charge in [-0.25, -0.2) is 4.98 Å². The van der Waals surface area contributed by atoms with Gasteiger partial charge in [-0.2, -0.15) is 13.2 Å².